The fraction of sp³-hybridized carbons (Fsp3) is 0.700. The third kappa shape index (κ3) is 3.03. The normalized spacial score (nSPS) is 10.9. The van der Waals surface area contributed by atoms with E-state index in [0.29, 0.717) is 17.6 Å². The van der Waals surface area contributed by atoms with E-state index in [4.69, 9.17) is 9.52 Å². The number of hydrogen-bond acceptors (Lipinski definition) is 4. The molecule has 0 atom stereocenters. The Labute approximate surface area is 84.6 Å². The molecule has 80 valence electrons. The average Bonchev–Trinajstić information content (AvgIpc) is 2.62. The number of oxazole rings is 1. The van der Waals surface area contributed by atoms with E-state index in [9.17, 15) is 0 Å². The van der Waals surface area contributed by atoms with E-state index >= 15 is 0 Å². The molecule has 1 aromatic heterocycles. The second-order valence-corrected chi connectivity index (χ2v) is 3.88. The molecule has 0 aliphatic rings. The van der Waals surface area contributed by atoms with Gasteiger partial charge in [0.05, 0.1) is 6.61 Å². The van der Waals surface area contributed by atoms with Crippen LogP contribution in [0.5, 0.6) is 0 Å². The summed E-state index contributed by atoms with van der Waals surface area (Å²) in [5.41, 5.74) is 0.580. The molecule has 4 heteroatoms. The van der Waals surface area contributed by atoms with Crippen LogP contribution < -0.4 is 4.90 Å². The van der Waals surface area contributed by atoms with Crippen LogP contribution in [0.4, 0.5) is 6.01 Å². The van der Waals surface area contributed by atoms with E-state index in [1.165, 1.54) is 6.26 Å². The largest absolute Gasteiger partial charge is 0.432 e. The minimum Gasteiger partial charge on any atom is -0.432 e. The second-order valence-electron chi connectivity index (χ2n) is 3.88. The predicted octanol–water partition coefficient (Wildman–Crippen LogP) is 1.65. The summed E-state index contributed by atoms with van der Waals surface area (Å²) in [6, 6.07) is 0.578. The second kappa shape index (κ2) is 5.00. The van der Waals surface area contributed by atoms with Crippen molar-refractivity contribution in [3.05, 3.63) is 12.0 Å². The first-order valence-corrected chi connectivity index (χ1v) is 4.90. The first kappa shape index (κ1) is 11.0. The lowest BCUT2D eigenvalue weighted by molar-refractivity contribution is 0.276. The summed E-state index contributed by atoms with van der Waals surface area (Å²) in [6.07, 6.45) is 2.59. The van der Waals surface area contributed by atoms with Crippen molar-refractivity contribution in [2.45, 2.75) is 26.9 Å². The molecule has 0 saturated heterocycles. The van der Waals surface area contributed by atoms with Crippen molar-refractivity contribution in [1.82, 2.24) is 4.98 Å². The van der Waals surface area contributed by atoms with Crippen LogP contribution >= 0.6 is 0 Å². The van der Waals surface area contributed by atoms with Crippen LogP contribution in [0, 0.1) is 5.92 Å². The van der Waals surface area contributed by atoms with Gasteiger partial charge in [0.2, 0.25) is 0 Å². The lowest BCUT2D eigenvalue weighted by Gasteiger charge is -2.15. The molecular formula is C10H18N2O2. The van der Waals surface area contributed by atoms with Gasteiger partial charge in [-0.15, -0.1) is 0 Å². The summed E-state index contributed by atoms with van der Waals surface area (Å²) in [4.78, 5) is 6.07. The topological polar surface area (TPSA) is 49.5 Å². The number of rotatable bonds is 5. The van der Waals surface area contributed by atoms with Gasteiger partial charge in [0.25, 0.3) is 6.01 Å². The third-order valence-corrected chi connectivity index (χ3v) is 2.07. The molecule has 0 aromatic carbocycles. The highest BCUT2D eigenvalue weighted by atomic mass is 16.4. The first-order chi connectivity index (χ1) is 6.63. The molecule has 1 rings (SSSR count). The van der Waals surface area contributed by atoms with Gasteiger partial charge in [-0.25, -0.2) is 0 Å². The highest BCUT2D eigenvalue weighted by Crippen LogP contribution is 2.13. The van der Waals surface area contributed by atoms with Gasteiger partial charge >= 0.3 is 0 Å². The SMILES string of the molecule is CC(C)CCN(C)c1nc(CO)co1. The van der Waals surface area contributed by atoms with Crippen LogP contribution in [-0.4, -0.2) is 23.7 Å². The summed E-state index contributed by atoms with van der Waals surface area (Å²) >= 11 is 0. The monoisotopic (exact) mass is 198 g/mol. The Balaban J connectivity index is 2.47. The Morgan fingerprint density at radius 3 is 2.79 bits per heavy atom. The quantitative estimate of drug-likeness (QED) is 0.781. The molecule has 1 N–H and O–H groups in total. The highest BCUT2D eigenvalue weighted by molar-refractivity contribution is 5.24. The van der Waals surface area contributed by atoms with Gasteiger partial charge in [-0.05, 0) is 12.3 Å². The zero-order valence-corrected chi connectivity index (χ0v) is 9.03. The number of aromatic nitrogens is 1. The van der Waals surface area contributed by atoms with Gasteiger partial charge in [-0.1, -0.05) is 13.8 Å². The molecule has 0 unspecified atom stereocenters. The molecule has 0 fully saturated rings. The molecule has 0 spiro atoms. The molecule has 0 radical (unpaired) electrons. The zero-order valence-electron chi connectivity index (χ0n) is 9.03. The molecule has 0 aliphatic heterocycles. The smallest absolute Gasteiger partial charge is 0.297 e. The van der Waals surface area contributed by atoms with Crippen LogP contribution in [0.25, 0.3) is 0 Å². The molecular weight excluding hydrogens is 180 g/mol. The Kier molecular flexibility index (Phi) is 3.95. The van der Waals surface area contributed by atoms with Crippen molar-refractivity contribution < 1.29 is 9.52 Å². The van der Waals surface area contributed by atoms with Gasteiger partial charge in [0, 0.05) is 13.6 Å². The maximum atomic E-state index is 8.81. The molecule has 0 saturated carbocycles. The summed E-state index contributed by atoms with van der Waals surface area (Å²) in [5, 5.41) is 8.81. The average molecular weight is 198 g/mol. The number of anilines is 1. The zero-order chi connectivity index (χ0) is 10.6. The van der Waals surface area contributed by atoms with E-state index in [1.807, 2.05) is 11.9 Å². The number of hydrogen-bond donors (Lipinski definition) is 1. The van der Waals surface area contributed by atoms with Gasteiger partial charge in [0.1, 0.15) is 12.0 Å². The van der Waals surface area contributed by atoms with E-state index in [-0.39, 0.29) is 6.61 Å². The van der Waals surface area contributed by atoms with Gasteiger partial charge in [-0.2, -0.15) is 4.98 Å². The van der Waals surface area contributed by atoms with Crippen LogP contribution in [0.15, 0.2) is 10.7 Å². The number of aliphatic hydroxyl groups excluding tert-OH is 1. The van der Waals surface area contributed by atoms with Crippen LogP contribution in [-0.2, 0) is 6.61 Å². The van der Waals surface area contributed by atoms with E-state index in [2.05, 4.69) is 18.8 Å². The van der Waals surface area contributed by atoms with Crippen LogP contribution in [0.1, 0.15) is 26.0 Å². The van der Waals surface area contributed by atoms with Gasteiger partial charge in [-0.3, -0.25) is 0 Å². The van der Waals surface area contributed by atoms with Crippen molar-refractivity contribution >= 4 is 6.01 Å². The standard InChI is InChI=1S/C10H18N2O2/c1-8(2)4-5-12(3)10-11-9(6-13)7-14-10/h7-8,13H,4-6H2,1-3H3. The van der Waals surface area contributed by atoms with Crippen molar-refractivity contribution in [1.29, 1.82) is 0 Å². The molecule has 0 aliphatic carbocycles. The molecule has 0 bridgehead atoms. The molecule has 0 amide bonds. The lowest BCUT2D eigenvalue weighted by Crippen LogP contribution is -2.20. The fourth-order valence-electron chi connectivity index (χ4n) is 1.09. The van der Waals surface area contributed by atoms with Gasteiger partial charge < -0.3 is 14.4 Å². The summed E-state index contributed by atoms with van der Waals surface area (Å²) in [6.45, 7) is 5.22. The summed E-state index contributed by atoms with van der Waals surface area (Å²) < 4.78 is 5.20. The third-order valence-electron chi connectivity index (χ3n) is 2.07. The predicted molar refractivity (Wildman–Crippen MR) is 55.2 cm³/mol. The Bertz CT molecular complexity index is 271. The Morgan fingerprint density at radius 1 is 1.57 bits per heavy atom. The molecule has 14 heavy (non-hydrogen) atoms. The van der Waals surface area contributed by atoms with Crippen molar-refractivity contribution in [3.8, 4) is 0 Å². The van der Waals surface area contributed by atoms with Crippen molar-refractivity contribution in [2.75, 3.05) is 18.5 Å². The number of aliphatic hydroxyl groups is 1. The first-order valence-electron chi connectivity index (χ1n) is 4.90. The van der Waals surface area contributed by atoms with Gasteiger partial charge in [0.15, 0.2) is 0 Å². The summed E-state index contributed by atoms with van der Waals surface area (Å²) in [7, 11) is 1.94. The minimum absolute atomic E-state index is 0.0679. The lowest BCUT2D eigenvalue weighted by atomic mass is 10.1. The van der Waals surface area contributed by atoms with E-state index in [0.717, 1.165) is 13.0 Å². The molecule has 4 nitrogen and oxygen atoms in total. The minimum atomic E-state index is -0.0679. The summed E-state index contributed by atoms with van der Waals surface area (Å²) in [5.74, 6) is 0.671. The van der Waals surface area contributed by atoms with E-state index < -0.39 is 0 Å². The van der Waals surface area contributed by atoms with Crippen molar-refractivity contribution in [3.63, 3.8) is 0 Å². The van der Waals surface area contributed by atoms with Crippen molar-refractivity contribution in [2.24, 2.45) is 5.92 Å². The number of nitrogens with zero attached hydrogens (tertiary/aromatic N) is 2. The Hall–Kier alpha value is -1.03. The highest BCUT2D eigenvalue weighted by Gasteiger charge is 2.08. The fourth-order valence-corrected chi connectivity index (χ4v) is 1.09. The Morgan fingerprint density at radius 2 is 2.29 bits per heavy atom. The van der Waals surface area contributed by atoms with Crippen LogP contribution in [0.2, 0.25) is 0 Å². The molecule has 1 aromatic rings. The maximum absolute atomic E-state index is 8.81. The maximum Gasteiger partial charge on any atom is 0.297 e. The van der Waals surface area contributed by atoms with Crippen LogP contribution in [0.3, 0.4) is 0 Å². The molecule has 1 heterocycles. The van der Waals surface area contributed by atoms with E-state index in [1.54, 1.807) is 0 Å².